The van der Waals surface area contributed by atoms with Crippen LogP contribution in [-0.2, 0) is 4.79 Å². The summed E-state index contributed by atoms with van der Waals surface area (Å²) in [5, 5.41) is 11.2. The zero-order chi connectivity index (χ0) is 13.1. The molecule has 6 heteroatoms. The van der Waals surface area contributed by atoms with E-state index in [0.29, 0.717) is 6.54 Å². The average molecular weight is 262 g/mol. The highest BCUT2D eigenvalue weighted by Gasteiger charge is 2.10. The van der Waals surface area contributed by atoms with Gasteiger partial charge in [0, 0.05) is 13.6 Å². The van der Waals surface area contributed by atoms with E-state index >= 15 is 0 Å². The van der Waals surface area contributed by atoms with E-state index < -0.39 is 5.97 Å². The van der Waals surface area contributed by atoms with Crippen LogP contribution < -0.4 is 5.32 Å². The molecule has 100 valence electrons. The van der Waals surface area contributed by atoms with E-state index in [2.05, 4.69) is 11.6 Å². The summed E-state index contributed by atoms with van der Waals surface area (Å²) in [7, 11) is 1.47. The van der Waals surface area contributed by atoms with Gasteiger partial charge in [0.2, 0.25) is 0 Å². The number of nitrogens with zero attached hydrogens (tertiary/aromatic N) is 1. The van der Waals surface area contributed by atoms with E-state index in [1.54, 1.807) is 0 Å². The summed E-state index contributed by atoms with van der Waals surface area (Å²) in [4.78, 5) is 22.9. The van der Waals surface area contributed by atoms with Gasteiger partial charge in [0.15, 0.2) is 0 Å². The number of hydrogen-bond donors (Lipinski definition) is 2. The molecule has 17 heavy (non-hydrogen) atoms. The Labute approximate surface area is 107 Å². The van der Waals surface area contributed by atoms with Crippen LogP contribution in [0.25, 0.3) is 0 Å². The molecule has 0 fully saturated rings. The van der Waals surface area contributed by atoms with E-state index in [1.165, 1.54) is 25.6 Å². The summed E-state index contributed by atoms with van der Waals surface area (Å²) in [5.41, 5.74) is 0. The van der Waals surface area contributed by atoms with Crippen LogP contribution >= 0.6 is 11.8 Å². The standard InChI is InChI=1S/C11H22N2O3S/c1-13(9-10(14)15)11(16)12-7-5-3-4-6-8-17-2/h3-9H2,1-2H3,(H,12,16)(H,14,15). The van der Waals surface area contributed by atoms with Crippen molar-refractivity contribution in [3.8, 4) is 0 Å². The minimum absolute atomic E-state index is 0.264. The number of nitrogens with one attached hydrogen (secondary N) is 1. The number of unbranched alkanes of at least 4 members (excludes halogenated alkanes) is 3. The maximum atomic E-state index is 11.4. The van der Waals surface area contributed by atoms with Gasteiger partial charge in [-0.25, -0.2) is 4.79 Å². The first-order chi connectivity index (χ1) is 8.07. The van der Waals surface area contributed by atoms with Crippen LogP contribution in [0, 0.1) is 0 Å². The molecule has 0 saturated heterocycles. The smallest absolute Gasteiger partial charge is 0.323 e. The lowest BCUT2D eigenvalue weighted by molar-refractivity contribution is -0.137. The molecule has 2 amide bonds. The van der Waals surface area contributed by atoms with Gasteiger partial charge < -0.3 is 15.3 Å². The first kappa shape index (κ1) is 16.1. The largest absolute Gasteiger partial charge is 0.480 e. The van der Waals surface area contributed by atoms with Gasteiger partial charge >= 0.3 is 12.0 Å². The number of carbonyl (C=O) groups excluding carboxylic acids is 1. The molecule has 2 N–H and O–H groups in total. The van der Waals surface area contributed by atoms with Gasteiger partial charge in [-0.15, -0.1) is 0 Å². The molecule has 0 saturated carbocycles. The Hall–Kier alpha value is -0.910. The van der Waals surface area contributed by atoms with Crippen LogP contribution in [0.3, 0.4) is 0 Å². The zero-order valence-corrected chi connectivity index (χ0v) is 11.4. The van der Waals surface area contributed by atoms with Crippen molar-refractivity contribution in [2.24, 2.45) is 0 Å². The Morgan fingerprint density at radius 1 is 1.24 bits per heavy atom. The predicted molar refractivity (Wildman–Crippen MR) is 70.5 cm³/mol. The second kappa shape index (κ2) is 10.3. The van der Waals surface area contributed by atoms with E-state index in [0.717, 1.165) is 17.7 Å². The zero-order valence-electron chi connectivity index (χ0n) is 10.6. The number of likely N-dealkylation sites (N-methyl/N-ethyl adjacent to an activating group) is 1. The van der Waals surface area contributed by atoms with Gasteiger partial charge in [-0.3, -0.25) is 4.79 Å². The molecule has 0 spiro atoms. The molecular weight excluding hydrogens is 240 g/mol. The van der Waals surface area contributed by atoms with Crippen LogP contribution in [0.2, 0.25) is 0 Å². The van der Waals surface area contributed by atoms with E-state index in [-0.39, 0.29) is 12.6 Å². The lowest BCUT2D eigenvalue weighted by Crippen LogP contribution is -2.40. The molecule has 0 aliphatic heterocycles. The number of carboxylic acid groups (broad SMARTS) is 1. The van der Waals surface area contributed by atoms with Gasteiger partial charge in [0.25, 0.3) is 0 Å². The van der Waals surface area contributed by atoms with Gasteiger partial charge in [-0.1, -0.05) is 12.8 Å². The molecule has 0 radical (unpaired) electrons. The number of thioether (sulfide) groups is 1. The van der Waals surface area contributed by atoms with Crippen LogP contribution in [-0.4, -0.2) is 54.2 Å². The van der Waals surface area contributed by atoms with Crippen LogP contribution in [0.4, 0.5) is 4.79 Å². The number of hydrogen-bond acceptors (Lipinski definition) is 3. The van der Waals surface area contributed by atoms with Crippen LogP contribution in [0.15, 0.2) is 0 Å². The third kappa shape index (κ3) is 9.99. The number of carboxylic acids is 1. The Morgan fingerprint density at radius 3 is 2.47 bits per heavy atom. The minimum atomic E-state index is -1.00. The predicted octanol–water partition coefficient (Wildman–Crippen LogP) is 1.64. The first-order valence-electron chi connectivity index (χ1n) is 5.77. The Balaban J connectivity index is 3.41. The molecule has 0 bridgehead atoms. The maximum Gasteiger partial charge on any atom is 0.323 e. The molecule has 0 aliphatic carbocycles. The first-order valence-corrected chi connectivity index (χ1v) is 7.17. The van der Waals surface area contributed by atoms with Crippen molar-refractivity contribution in [1.82, 2.24) is 10.2 Å². The molecule has 0 heterocycles. The molecule has 0 unspecified atom stereocenters. The van der Waals surface area contributed by atoms with E-state index in [9.17, 15) is 9.59 Å². The SMILES string of the molecule is CSCCCCCCNC(=O)N(C)CC(=O)O. The number of urea groups is 1. The van der Waals surface area contributed by atoms with Crippen molar-refractivity contribution in [2.45, 2.75) is 25.7 Å². The molecule has 0 aliphatic rings. The fraction of sp³-hybridized carbons (Fsp3) is 0.818. The highest BCUT2D eigenvalue weighted by atomic mass is 32.2. The lowest BCUT2D eigenvalue weighted by atomic mass is 10.2. The summed E-state index contributed by atoms with van der Waals surface area (Å²) in [6, 6.07) is -0.323. The highest BCUT2D eigenvalue weighted by molar-refractivity contribution is 7.98. The van der Waals surface area contributed by atoms with Crippen molar-refractivity contribution in [3.05, 3.63) is 0 Å². The second-order valence-corrected chi connectivity index (χ2v) is 4.87. The molecule has 5 nitrogen and oxygen atoms in total. The van der Waals surface area contributed by atoms with Crippen molar-refractivity contribution in [1.29, 1.82) is 0 Å². The van der Waals surface area contributed by atoms with Gasteiger partial charge in [-0.2, -0.15) is 11.8 Å². The molecule has 0 aromatic heterocycles. The molecular formula is C11H22N2O3S. The summed E-state index contributed by atoms with van der Waals surface area (Å²) in [6.45, 7) is 0.349. The number of amides is 2. The summed E-state index contributed by atoms with van der Waals surface area (Å²) in [5.74, 6) is 0.188. The third-order valence-corrected chi connectivity index (χ3v) is 2.97. The van der Waals surface area contributed by atoms with Crippen molar-refractivity contribution < 1.29 is 14.7 Å². The van der Waals surface area contributed by atoms with Gasteiger partial charge in [-0.05, 0) is 24.9 Å². The quantitative estimate of drug-likeness (QED) is 0.620. The van der Waals surface area contributed by atoms with Crippen LogP contribution in [0.5, 0.6) is 0 Å². The number of carbonyl (C=O) groups is 2. The third-order valence-electron chi connectivity index (χ3n) is 2.27. The van der Waals surface area contributed by atoms with Crippen molar-refractivity contribution in [3.63, 3.8) is 0 Å². The van der Waals surface area contributed by atoms with E-state index in [4.69, 9.17) is 5.11 Å². The topological polar surface area (TPSA) is 69.6 Å². The number of rotatable bonds is 9. The lowest BCUT2D eigenvalue weighted by Gasteiger charge is -2.15. The van der Waals surface area contributed by atoms with E-state index in [1.807, 2.05) is 11.8 Å². The molecule has 0 aromatic rings. The molecule has 0 aromatic carbocycles. The van der Waals surface area contributed by atoms with Gasteiger partial charge in [0.05, 0.1) is 0 Å². The number of aliphatic carboxylic acids is 1. The normalized spacial score (nSPS) is 10.0. The van der Waals surface area contributed by atoms with Crippen molar-refractivity contribution in [2.75, 3.05) is 32.1 Å². The molecule has 0 rings (SSSR count). The Bertz CT molecular complexity index is 237. The average Bonchev–Trinajstić information content (AvgIpc) is 2.26. The second-order valence-electron chi connectivity index (χ2n) is 3.89. The highest BCUT2D eigenvalue weighted by Crippen LogP contribution is 2.03. The minimum Gasteiger partial charge on any atom is -0.480 e. The van der Waals surface area contributed by atoms with Gasteiger partial charge in [0.1, 0.15) is 6.54 Å². The van der Waals surface area contributed by atoms with Crippen molar-refractivity contribution >= 4 is 23.8 Å². The molecule has 0 atom stereocenters. The Morgan fingerprint density at radius 2 is 1.88 bits per heavy atom. The Kier molecular flexibility index (Phi) is 9.71. The van der Waals surface area contributed by atoms with Crippen LogP contribution in [0.1, 0.15) is 25.7 Å². The fourth-order valence-electron chi connectivity index (χ4n) is 1.33. The summed E-state index contributed by atoms with van der Waals surface area (Å²) in [6.07, 6.45) is 6.54. The monoisotopic (exact) mass is 262 g/mol. The fourth-order valence-corrected chi connectivity index (χ4v) is 1.82. The summed E-state index contributed by atoms with van der Waals surface area (Å²) < 4.78 is 0. The summed E-state index contributed by atoms with van der Waals surface area (Å²) >= 11 is 1.85. The maximum absolute atomic E-state index is 11.4.